The molecule has 0 spiro atoms. The average molecular weight is 339 g/mol. The van der Waals surface area contributed by atoms with Crippen LogP contribution in [0.15, 0.2) is 42.7 Å². The highest BCUT2D eigenvalue weighted by Gasteiger charge is 2.24. The van der Waals surface area contributed by atoms with E-state index in [2.05, 4.69) is 15.6 Å². The summed E-state index contributed by atoms with van der Waals surface area (Å²) in [5, 5.41) is 5.55. The standard InChI is InChI=1S/C19H21N3O3/c1-25-16-5-2-4-13(10-16)8-14-9-15(12-20-11-14)18(23)22-17-6-3-7-21-19(17)24/h2,4-5,9-12,17H,3,6-8H2,1H3,(H,21,24)(H,22,23). The smallest absolute Gasteiger partial charge is 0.253 e. The Labute approximate surface area is 146 Å². The fourth-order valence-electron chi connectivity index (χ4n) is 2.88. The third-order valence-electron chi connectivity index (χ3n) is 4.19. The second-order valence-corrected chi connectivity index (χ2v) is 6.07. The summed E-state index contributed by atoms with van der Waals surface area (Å²) in [7, 11) is 1.63. The first kappa shape index (κ1) is 17.0. The minimum Gasteiger partial charge on any atom is -0.497 e. The van der Waals surface area contributed by atoms with Crippen LogP contribution in [0.2, 0.25) is 0 Å². The van der Waals surface area contributed by atoms with Crippen molar-refractivity contribution in [1.82, 2.24) is 15.6 Å². The number of aromatic nitrogens is 1. The first-order valence-corrected chi connectivity index (χ1v) is 8.31. The maximum absolute atomic E-state index is 12.4. The molecule has 0 saturated carbocycles. The maximum atomic E-state index is 12.4. The third kappa shape index (κ3) is 4.35. The van der Waals surface area contributed by atoms with Crippen molar-refractivity contribution in [2.75, 3.05) is 13.7 Å². The largest absolute Gasteiger partial charge is 0.497 e. The Morgan fingerprint density at radius 2 is 2.20 bits per heavy atom. The molecule has 2 heterocycles. The molecule has 0 radical (unpaired) electrons. The zero-order valence-corrected chi connectivity index (χ0v) is 14.1. The van der Waals surface area contributed by atoms with Crippen LogP contribution in [0, 0.1) is 0 Å². The molecule has 3 rings (SSSR count). The number of hydrogen-bond donors (Lipinski definition) is 2. The summed E-state index contributed by atoms with van der Waals surface area (Å²) >= 11 is 0. The van der Waals surface area contributed by atoms with Gasteiger partial charge in [0.05, 0.1) is 12.7 Å². The Morgan fingerprint density at radius 3 is 3.00 bits per heavy atom. The molecule has 1 aromatic heterocycles. The summed E-state index contributed by atoms with van der Waals surface area (Å²) < 4.78 is 5.23. The van der Waals surface area contributed by atoms with Crippen LogP contribution in [-0.2, 0) is 11.2 Å². The zero-order valence-electron chi connectivity index (χ0n) is 14.1. The van der Waals surface area contributed by atoms with E-state index in [1.807, 2.05) is 30.3 Å². The Bertz CT molecular complexity index is 776. The number of carbonyl (C=O) groups is 2. The van der Waals surface area contributed by atoms with Gasteiger partial charge in [-0.3, -0.25) is 14.6 Å². The first-order valence-electron chi connectivity index (χ1n) is 8.31. The lowest BCUT2D eigenvalue weighted by Gasteiger charge is -2.22. The third-order valence-corrected chi connectivity index (χ3v) is 4.19. The van der Waals surface area contributed by atoms with Crippen molar-refractivity contribution >= 4 is 11.8 Å². The van der Waals surface area contributed by atoms with Gasteiger partial charge in [-0.2, -0.15) is 0 Å². The fraction of sp³-hybridized carbons (Fsp3) is 0.316. The van der Waals surface area contributed by atoms with Crippen LogP contribution < -0.4 is 15.4 Å². The topological polar surface area (TPSA) is 80.3 Å². The van der Waals surface area contributed by atoms with Gasteiger partial charge in [-0.1, -0.05) is 12.1 Å². The van der Waals surface area contributed by atoms with Crippen LogP contribution in [-0.4, -0.2) is 36.5 Å². The molecule has 2 aromatic rings. The van der Waals surface area contributed by atoms with Gasteiger partial charge < -0.3 is 15.4 Å². The predicted octanol–water partition coefficient (Wildman–Crippen LogP) is 1.69. The Morgan fingerprint density at radius 1 is 1.32 bits per heavy atom. The Hall–Kier alpha value is -2.89. The van der Waals surface area contributed by atoms with Crippen LogP contribution in [0.25, 0.3) is 0 Å². The fourth-order valence-corrected chi connectivity index (χ4v) is 2.88. The van der Waals surface area contributed by atoms with E-state index in [9.17, 15) is 9.59 Å². The van der Waals surface area contributed by atoms with E-state index in [-0.39, 0.29) is 11.8 Å². The molecule has 1 unspecified atom stereocenters. The van der Waals surface area contributed by atoms with E-state index in [4.69, 9.17) is 4.74 Å². The molecule has 2 N–H and O–H groups in total. The Kier molecular flexibility index (Phi) is 5.28. The molecule has 130 valence electrons. The number of pyridine rings is 1. The van der Waals surface area contributed by atoms with Gasteiger partial charge in [0.2, 0.25) is 5.91 Å². The lowest BCUT2D eigenvalue weighted by atomic mass is 10.0. The highest BCUT2D eigenvalue weighted by Crippen LogP contribution is 2.16. The molecular weight excluding hydrogens is 318 g/mol. The molecule has 0 aliphatic carbocycles. The quantitative estimate of drug-likeness (QED) is 0.869. The van der Waals surface area contributed by atoms with Gasteiger partial charge in [0, 0.05) is 18.9 Å². The van der Waals surface area contributed by atoms with Gasteiger partial charge in [0.1, 0.15) is 11.8 Å². The van der Waals surface area contributed by atoms with Crippen LogP contribution >= 0.6 is 0 Å². The summed E-state index contributed by atoms with van der Waals surface area (Å²) in [5.74, 6) is 0.393. The number of nitrogens with zero attached hydrogens (tertiary/aromatic N) is 1. The maximum Gasteiger partial charge on any atom is 0.253 e. The summed E-state index contributed by atoms with van der Waals surface area (Å²) in [6.07, 6.45) is 5.43. The molecule has 1 saturated heterocycles. The number of nitrogens with one attached hydrogen (secondary N) is 2. The van der Waals surface area contributed by atoms with Crippen molar-refractivity contribution in [2.24, 2.45) is 0 Å². The lowest BCUT2D eigenvalue weighted by molar-refractivity contribution is -0.124. The molecule has 1 aliphatic rings. The second-order valence-electron chi connectivity index (χ2n) is 6.07. The number of benzene rings is 1. The normalized spacial score (nSPS) is 16.8. The molecule has 1 fully saturated rings. The van der Waals surface area contributed by atoms with Gasteiger partial charge in [0.25, 0.3) is 5.91 Å². The van der Waals surface area contributed by atoms with Crippen molar-refractivity contribution in [3.05, 3.63) is 59.4 Å². The van der Waals surface area contributed by atoms with Crippen LogP contribution in [0.5, 0.6) is 5.75 Å². The molecule has 2 amide bonds. The van der Waals surface area contributed by atoms with Crippen molar-refractivity contribution in [1.29, 1.82) is 0 Å². The minimum absolute atomic E-state index is 0.125. The molecule has 1 atom stereocenters. The van der Waals surface area contributed by atoms with Crippen molar-refractivity contribution in [3.63, 3.8) is 0 Å². The van der Waals surface area contributed by atoms with E-state index < -0.39 is 6.04 Å². The molecular formula is C19H21N3O3. The predicted molar refractivity (Wildman–Crippen MR) is 93.5 cm³/mol. The molecule has 25 heavy (non-hydrogen) atoms. The lowest BCUT2D eigenvalue weighted by Crippen LogP contribution is -2.50. The van der Waals surface area contributed by atoms with E-state index >= 15 is 0 Å². The highest BCUT2D eigenvalue weighted by atomic mass is 16.5. The number of carbonyl (C=O) groups excluding carboxylic acids is 2. The van der Waals surface area contributed by atoms with Crippen LogP contribution in [0.1, 0.15) is 34.3 Å². The summed E-state index contributed by atoms with van der Waals surface area (Å²) in [6.45, 7) is 0.669. The molecule has 6 heteroatoms. The molecule has 6 nitrogen and oxygen atoms in total. The zero-order chi connectivity index (χ0) is 17.6. The summed E-state index contributed by atoms with van der Waals surface area (Å²) in [5.41, 5.74) is 2.46. The Balaban J connectivity index is 1.70. The molecule has 0 bridgehead atoms. The van der Waals surface area contributed by atoms with E-state index in [0.717, 1.165) is 23.3 Å². The first-order chi connectivity index (χ1) is 12.2. The molecule has 1 aromatic carbocycles. The van der Waals surface area contributed by atoms with Gasteiger partial charge in [-0.25, -0.2) is 0 Å². The van der Waals surface area contributed by atoms with Crippen molar-refractivity contribution in [2.45, 2.75) is 25.3 Å². The average Bonchev–Trinajstić information content (AvgIpc) is 2.64. The van der Waals surface area contributed by atoms with Crippen LogP contribution in [0.3, 0.4) is 0 Å². The van der Waals surface area contributed by atoms with Gasteiger partial charge in [0.15, 0.2) is 0 Å². The second kappa shape index (κ2) is 7.79. The monoisotopic (exact) mass is 339 g/mol. The highest BCUT2D eigenvalue weighted by molar-refractivity contribution is 5.97. The van der Waals surface area contributed by atoms with Crippen LogP contribution in [0.4, 0.5) is 0 Å². The number of piperidine rings is 1. The van der Waals surface area contributed by atoms with Gasteiger partial charge in [-0.05, 0) is 48.6 Å². The molecule has 1 aliphatic heterocycles. The number of hydrogen-bond acceptors (Lipinski definition) is 4. The number of methoxy groups -OCH3 is 1. The van der Waals surface area contributed by atoms with Crippen molar-refractivity contribution in [3.8, 4) is 5.75 Å². The number of ether oxygens (including phenoxy) is 1. The summed E-state index contributed by atoms with van der Waals surface area (Å²) in [6, 6.07) is 9.12. The van der Waals surface area contributed by atoms with E-state index in [0.29, 0.717) is 24.9 Å². The SMILES string of the molecule is COc1cccc(Cc2cncc(C(=O)NC3CCCNC3=O)c2)c1. The summed E-state index contributed by atoms with van der Waals surface area (Å²) in [4.78, 5) is 28.4. The van der Waals surface area contributed by atoms with Gasteiger partial charge >= 0.3 is 0 Å². The van der Waals surface area contributed by atoms with E-state index in [1.165, 1.54) is 6.20 Å². The number of amides is 2. The minimum atomic E-state index is -0.469. The number of rotatable bonds is 5. The van der Waals surface area contributed by atoms with E-state index in [1.54, 1.807) is 13.3 Å². The van der Waals surface area contributed by atoms with Gasteiger partial charge in [-0.15, -0.1) is 0 Å². The van der Waals surface area contributed by atoms with Crippen molar-refractivity contribution < 1.29 is 14.3 Å².